The Morgan fingerprint density at radius 2 is 0.877 bits per heavy atom. The third-order valence-corrected chi connectivity index (χ3v) is 15.2. The van der Waals surface area contributed by atoms with E-state index in [2.05, 4.69) is 182 Å². The summed E-state index contributed by atoms with van der Waals surface area (Å²) in [6.07, 6.45) is 0. The molecule has 65 heavy (non-hydrogen) atoms. The van der Waals surface area contributed by atoms with Gasteiger partial charge in [0.1, 0.15) is 11.2 Å². The number of nitrogens with zero attached hydrogens (tertiary/aromatic N) is 4. The molecule has 14 rings (SSSR count). The third-order valence-electron chi connectivity index (χ3n) is 12.7. The molecule has 14 aromatic rings. The zero-order valence-corrected chi connectivity index (χ0v) is 36.1. The van der Waals surface area contributed by atoms with E-state index >= 15 is 0 Å². The van der Waals surface area contributed by atoms with Crippen LogP contribution in [-0.4, -0.2) is 19.9 Å². The van der Waals surface area contributed by atoms with E-state index in [1.807, 2.05) is 12.1 Å². The highest BCUT2D eigenvalue weighted by molar-refractivity contribution is 7.26. The van der Waals surface area contributed by atoms with E-state index < -0.39 is 0 Å². The second kappa shape index (κ2) is 14.2. The van der Waals surface area contributed by atoms with Crippen LogP contribution in [0.2, 0.25) is 0 Å². The number of para-hydroxylation sites is 2. The molecule has 0 radical (unpaired) electrons. The molecule has 0 fully saturated rings. The Bertz CT molecular complexity index is 4110. The van der Waals surface area contributed by atoms with Crippen molar-refractivity contribution in [1.82, 2.24) is 19.9 Å². The van der Waals surface area contributed by atoms with Crippen LogP contribution in [0, 0.1) is 0 Å². The summed E-state index contributed by atoms with van der Waals surface area (Å²) in [6, 6.07) is 68.3. The zero-order valence-electron chi connectivity index (χ0n) is 34.5. The zero-order chi connectivity index (χ0) is 42.6. The highest BCUT2D eigenvalue weighted by Gasteiger charge is 2.23. The second-order valence-electron chi connectivity index (χ2n) is 16.4. The Labute approximate surface area is 379 Å². The molecule has 0 bridgehead atoms. The van der Waals surface area contributed by atoms with Crippen molar-refractivity contribution < 1.29 is 4.42 Å². The molecule has 0 aliphatic rings. The molecular weight excluding hydrogens is 833 g/mol. The van der Waals surface area contributed by atoms with Crippen LogP contribution in [0.15, 0.2) is 199 Å². The summed E-state index contributed by atoms with van der Waals surface area (Å²) in [6.45, 7) is 0. The molecule has 0 N–H and O–H groups in total. The van der Waals surface area contributed by atoms with Gasteiger partial charge in [-0.15, -0.1) is 22.7 Å². The Morgan fingerprint density at radius 1 is 0.338 bits per heavy atom. The van der Waals surface area contributed by atoms with Crippen LogP contribution in [0.4, 0.5) is 0 Å². The average molecular weight is 865 g/mol. The molecule has 0 atom stereocenters. The van der Waals surface area contributed by atoms with Crippen molar-refractivity contribution in [2.24, 2.45) is 0 Å². The first-order valence-corrected chi connectivity index (χ1v) is 23.3. The molecule has 0 aliphatic heterocycles. The molecule has 0 amide bonds. The second-order valence-corrected chi connectivity index (χ2v) is 18.5. The first-order chi connectivity index (χ1) is 32.2. The maximum absolute atomic E-state index is 6.68. The van der Waals surface area contributed by atoms with Crippen molar-refractivity contribution in [3.8, 4) is 56.5 Å². The van der Waals surface area contributed by atoms with Gasteiger partial charge in [0.2, 0.25) is 0 Å². The van der Waals surface area contributed by atoms with Crippen LogP contribution in [0.1, 0.15) is 0 Å². The Hall–Kier alpha value is -8.10. The fourth-order valence-electron chi connectivity index (χ4n) is 9.80. The van der Waals surface area contributed by atoms with Crippen molar-refractivity contribution in [2.45, 2.75) is 0 Å². The van der Waals surface area contributed by atoms with Gasteiger partial charge in [0.05, 0.1) is 11.2 Å². The standard InChI is InChI=1S/C58H32N4OS2/c1-2-14-34(15-3-1)53-44-32-47-52(41-19-5-9-25-46(41)63-47)50(51(44)40-18-4-8-24-45(40)59-53)33-28-30-35(31-29-33)56-60-57(42-22-12-20-38-36-16-6-10-26-48(36)64-54(38)42)62-58(61-56)43-23-13-21-39-37-17-7-11-27-49(37)65-55(39)43/h1-32H. The molecule has 0 saturated heterocycles. The number of pyridine rings is 1. The first-order valence-electron chi connectivity index (χ1n) is 21.6. The average Bonchev–Trinajstić information content (AvgIpc) is 4.07. The van der Waals surface area contributed by atoms with Gasteiger partial charge < -0.3 is 4.42 Å². The number of hydrogen-bond acceptors (Lipinski definition) is 7. The predicted molar refractivity (Wildman–Crippen MR) is 273 cm³/mol. The Balaban J connectivity index is 1.01. The number of aromatic nitrogens is 4. The minimum absolute atomic E-state index is 0.616. The van der Waals surface area contributed by atoms with Crippen LogP contribution in [0.5, 0.6) is 0 Å². The quantitative estimate of drug-likeness (QED) is 0.161. The highest BCUT2D eigenvalue weighted by atomic mass is 32.1. The van der Waals surface area contributed by atoms with Crippen molar-refractivity contribution in [2.75, 3.05) is 0 Å². The topological polar surface area (TPSA) is 64.7 Å². The number of thiophene rings is 2. The van der Waals surface area contributed by atoms with Gasteiger partial charge in [-0.05, 0) is 48.0 Å². The van der Waals surface area contributed by atoms with E-state index in [0.29, 0.717) is 17.5 Å². The summed E-state index contributed by atoms with van der Waals surface area (Å²) in [4.78, 5) is 21.3. The van der Waals surface area contributed by atoms with Crippen LogP contribution in [0.3, 0.4) is 0 Å². The molecule has 0 aliphatic carbocycles. The summed E-state index contributed by atoms with van der Waals surface area (Å²) in [7, 11) is 0. The third kappa shape index (κ3) is 5.63. The normalized spacial score (nSPS) is 12.0. The summed E-state index contributed by atoms with van der Waals surface area (Å²) in [5, 5.41) is 10.3. The van der Waals surface area contributed by atoms with Gasteiger partial charge in [0, 0.05) is 95.1 Å². The van der Waals surface area contributed by atoms with Gasteiger partial charge in [-0.3, -0.25) is 0 Å². The van der Waals surface area contributed by atoms with E-state index in [9.17, 15) is 0 Å². The van der Waals surface area contributed by atoms with Crippen molar-refractivity contribution in [1.29, 1.82) is 0 Å². The monoisotopic (exact) mass is 864 g/mol. The largest absolute Gasteiger partial charge is 0.456 e. The van der Waals surface area contributed by atoms with E-state index in [4.69, 9.17) is 24.4 Å². The molecule has 0 spiro atoms. The van der Waals surface area contributed by atoms with E-state index in [-0.39, 0.29) is 0 Å². The van der Waals surface area contributed by atoms with Crippen LogP contribution < -0.4 is 0 Å². The smallest absolute Gasteiger partial charge is 0.165 e. The number of benzene rings is 9. The van der Waals surface area contributed by atoms with Gasteiger partial charge >= 0.3 is 0 Å². The van der Waals surface area contributed by atoms with Crippen LogP contribution in [0.25, 0.3) is 141 Å². The summed E-state index contributed by atoms with van der Waals surface area (Å²) in [5.74, 6) is 1.92. The fraction of sp³-hybridized carbons (Fsp3) is 0. The Kier molecular flexibility index (Phi) is 7.95. The van der Waals surface area contributed by atoms with Gasteiger partial charge in [0.15, 0.2) is 17.5 Å². The molecular formula is C58H32N4OS2. The first kappa shape index (κ1) is 36.4. The molecule has 5 heterocycles. The van der Waals surface area contributed by atoms with E-state index in [0.717, 1.165) is 92.1 Å². The van der Waals surface area contributed by atoms with Crippen molar-refractivity contribution in [3.05, 3.63) is 194 Å². The molecule has 9 aromatic carbocycles. The number of fused-ring (bicyclic) bond motifs is 12. The minimum atomic E-state index is 0.616. The molecule has 302 valence electrons. The van der Waals surface area contributed by atoms with Gasteiger partial charge in [-0.1, -0.05) is 152 Å². The SMILES string of the molecule is c1ccc(-c2nc3ccccc3c3c(-c4ccc(-c5nc(-c6cccc7c6sc6ccccc67)nc(-c6cccc7c6sc6ccccc67)n5)cc4)c4c(cc23)oc2ccccc24)cc1. The van der Waals surface area contributed by atoms with Crippen LogP contribution in [-0.2, 0) is 0 Å². The van der Waals surface area contributed by atoms with Crippen LogP contribution >= 0.6 is 22.7 Å². The number of rotatable bonds is 5. The van der Waals surface area contributed by atoms with Crippen molar-refractivity contribution >= 4 is 107 Å². The van der Waals surface area contributed by atoms with Crippen molar-refractivity contribution in [3.63, 3.8) is 0 Å². The minimum Gasteiger partial charge on any atom is -0.456 e. The lowest BCUT2D eigenvalue weighted by molar-refractivity contribution is 0.669. The number of hydrogen-bond donors (Lipinski definition) is 0. The Morgan fingerprint density at radius 3 is 1.55 bits per heavy atom. The summed E-state index contributed by atoms with van der Waals surface area (Å²) >= 11 is 3.57. The van der Waals surface area contributed by atoms with E-state index in [1.54, 1.807) is 22.7 Å². The maximum Gasteiger partial charge on any atom is 0.165 e. The molecule has 7 heteroatoms. The van der Waals surface area contributed by atoms with Gasteiger partial charge in [-0.25, -0.2) is 19.9 Å². The molecule has 0 saturated carbocycles. The lowest BCUT2D eigenvalue weighted by Crippen LogP contribution is -2.00. The molecule has 5 nitrogen and oxygen atoms in total. The van der Waals surface area contributed by atoms with Gasteiger partial charge in [0.25, 0.3) is 0 Å². The molecule has 0 unspecified atom stereocenters. The fourth-order valence-corrected chi connectivity index (χ4v) is 12.2. The summed E-state index contributed by atoms with van der Waals surface area (Å²) < 4.78 is 11.5. The lowest BCUT2D eigenvalue weighted by atomic mass is 9.89. The predicted octanol–water partition coefficient (Wildman–Crippen LogP) is 16.5. The number of furan rings is 1. The molecule has 5 aromatic heterocycles. The van der Waals surface area contributed by atoms with Gasteiger partial charge in [-0.2, -0.15) is 0 Å². The lowest BCUT2D eigenvalue weighted by Gasteiger charge is -2.16. The van der Waals surface area contributed by atoms with E-state index in [1.165, 1.54) is 30.9 Å². The summed E-state index contributed by atoms with van der Waals surface area (Å²) in [5.41, 5.74) is 9.65. The maximum atomic E-state index is 6.68. The highest BCUT2D eigenvalue weighted by Crippen LogP contribution is 2.47.